The first-order valence-corrected chi connectivity index (χ1v) is 7.22. The molecule has 126 valence electrons. The Bertz CT molecular complexity index is 600. The SMILES string of the molecule is CCC(C)[C@H](N)C(=O)Nc1cc(C(=O)OC)ccc1C(=O)OC. The van der Waals surface area contributed by atoms with Gasteiger partial charge in [0.05, 0.1) is 37.1 Å². The summed E-state index contributed by atoms with van der Waals surface area (Å²) in [6, 6.07) is 3.44. The molecular weight excluding hydrogens is 300 g/mol. The van der Waals surface area contributed by atoms with Crippen molar-refractivity contribution in [1.29, 1.82) is 0 Å². The van der Waals surface area contributed by atoms with Crippen LogP contribution in [0.3, 0.4) is 0 Å². The summed E-state index contributed by atoms with van der Waals surface area (Å²) in [5.74, 6) is -1.68. The maximum absolute atomic E-state index is 12.2. The van der Waals surface area contributed by atoms with Crippen molar-refractivity contribution in [3.05, 3.63) is 29.3 Å². The van der Waals surface area contributed by atoms with Crippen LogP contribution < -0.4 is 11.1 Å². The number of anilines is 1. The van der Waals surface area contributed by atoms with Crippen LogP contribution in [-0.2, 0) is 14.3 Å². The van der Waals surface area contributed by atoms with Crippen molar-refractivity contribution in [2.45, 2.75) is 26.3 Å². The molecule has 0 radical (unpaired) electrons. The van der Waals surface area contributed by atoms with Crippen LogP contribution in [0.5, 0.6) is 0 Å². The molecule has 0 saturated carbocycles. The first-order valence-electron chi connectivity index (χ1n) is 7.22. The second-order valence-electron chi connectivity index (χ2n) is 5.14. The van der Waals surface area contributed by atoms with Gasteiger partial charge in [-0.1, -0.05) is 20.3 Å². The number of hydrogen-bond donors (Lipinski definition) is 2. The van der Waals surface area contributed by atoms with E-state index in [0.29, 0.717) is 0 Å². The van der Waals surface area contributed by atoms with Crippen LogP contribution in [0.4, 0.5) is 5.69 Å². The van der Waals surface area contributed by atoms with Crippen LogP contribution >= 0.6 is 0 Å². The van der Waals surface area contributed by atoms with Gasteiger partial charge in [0.2, 0.25) is 5.91 Å². The van der Waals surface area contributed by atoms with E-state index in [1.54, 1.807) is 0 Å². The molecule has 7 nitrogen and oxygen atoms in total. The standard InChI is InChI=1S/C16H22N2O5/c1-5-9(2)13(17)14(19)18-12-8-10(15(20)22-3)6-7-11(12)16(21)23-4/h6-9,13H,5,17H2,1-4H3,(H,18,19)/t9?,13-/m0/s1. The summed E-state index contributed by atoms with van der Waals surface area (Å²) in [5, 5.41) is 2.59. The first kappa shape index (κ1) is 18.6. The molecule has 0 aromatic heterocycles. The van der Waals surface area contributed by atoms with Crippen molar-refractivity contribution in [2.75, 3.05) is 19.5 Å². The molecule has 0 fully saturated rings. The molecule has 0 aliphatic carbocycles. The number of carbonyl (C=O) groups is 3. The van der Waals surface area contributed by atoms with Gasteiger partial charge in [0, 0.05) is 0 Å². The lowest BCUT2D eigenvalue weighted by molar-refractivity contribution is -0.118. The Morgan fingerprint density at radius 3 is 2.30 bits per heavy atom. The monoisotopic (exact) mass is 322 g/mol. The Labute approximate surface area is 135 Å². The van der Waals surface area contributed by atoms with Gasteiger partial charge in [-0.15, -0.1) is 0 Å². The zero-order chi connectivity index (χ0) is 17.6. The number of esters is 2. The largest absolute Gasteiger partial charge is 0.465 e. The van der Waals surface area contributed by atoms with Gasteiger partial charge in [-0.25, -0.2) is 9.59 Å². The molecule has 1 amide bonds. The lowest BCUT2D eigenvalue weighted by atomic mass is 9.99. The van der Waals surface area contributed by atoms with E-state index in [9.17, 15) is 14.4 Å². The lowest BCUT2D eigenvalue weighted by Gasteiger charge is -2.19. The third-order valence-electron chi connectivity index (χ3n) is 3.66. The van der Waals surface area contributed by atoms with Crippen LogP contribution in [0.1, 0.15) is 41.0 Å². The minimum Gasteiger partial charge on any atom is -0.465 e. The van der Waals surface area contributed by atoms with E-state index < -0.39 is 23.9 Å². The van der Waals surface area contributed by atoms with Crippen molar-refractivity contribution >= 4 is 23.5 Å². The van der Waals surface area contributed by atoms with Crippen LogP contribution in [0, 0.1) is 5.92 Å². The molecule has 0 bridgehead atoms. The Morgan fingerprint density at radius 2 is 1.78 bits per heavy atom. The summed E-state index contributed by atoms with van der Waals surface area (Å²) in [4.78, 5) is 35.6. The van der Waals surface area contributed by atoms with Crippen molar-refractivity contribution in [1.82, 2.24) is 0 Å². The molecule has 0 heterocycles. The fourth-order valence-corrected chi connectivity index (χ4v) is 1.91. The van der Waals surface area contributed by atoms with E-state index in [2.05, 4.69) is 14.8 Å². The van der Waals surface area contributed by atoms with Gasteiger partial charge in [0.1, 0.15) is 0 Å². The van der Waals surface area contributed by atoms with Crippen LogP contribution in [0.2, 0.25) is 0 Å². The topological polar surface area (TPSA) is 108 Å². The summed E-state index contributed by atoms with van der Waals surface area (Å²) >= 11 is 0. The number of nitrogens with one attached hydrogen (secondary N) is 1. The highest BCUT2D eigenvalue weighted by Crippen LogP contribution is 2.20. The number of amides is 1. The summed E-state index contributed by atoms with van der Waals surface area (Å²) in [6.45, 7) is 3.78. The predicted octanol–water partition coefficient (Wildman–Crippen LogP) is 1.57. The van der Waals surface area contributed by atoms with Gasteiger partial charge >= 0.3 is 11.9 Å². The molecule has 2 atom stereocenters. The quantitative estimate of drug-likeness (QED) is 0.770. The number of nitrogens with two attached hydrogens (primary N) is 1. The average Bonchev–Trinajstić information content (AvgIpc) is 2.58. The van der Waals surface area contributed by atoms with Crippen molar-refractivity contribution in [2.24, 2.45) is 11.7 Å². The van der Waals surface area contributed by atoms with Crippen molar-refractivity contribution in [3.63, 3.8) is 0 Å². The lowest BCUT2D eigenvalue weighted by Crippen LogP contribution is -2.40. The van der Waals surface area contributed by atoms with Gasteiger partial charge < -0.3 is 20.5 Å². The molecule has 7 heteroatoms. The minimum atomic E-state index is -0.729. The van der Waals surface area contributed by atoms with Gasteiger partial charge in [-0.3, -0.25) is 4.79 Å². The normalized spacial score (nSPS) is 12.9. The third kappa shape index (κ3) is 4.53. The number of carbonyl (C=O) groups excluding carboxylic acids is 3. The average molecular weight is 322 g/mol. The summed E-state index contributed by atoms with van der Waals surface area (Å²) in [6.07, 6.45) is 0.737. The van der Waals surface area contributed by atoms with Gasteiger partial charge in [0.25, 0.3) is 0 Å². The van der Waals surface area contributed by atoms with Crippen LogP contribution in [0.15, 0.2) is 18.2 Å². The predicted molar refractivity (Wildman–Crippen MR) is 85.2 cm³/mol. The molecule has 1 unspecified atom stereocenters. The van der Waals surface area contributed by atoms with Crippen LogP contribution in [-0.4, -0.2) is 38.1 Å². The fourth-order valence-electron chi connectivity index (χ4n) is 1.91. The first-order chi connectivity index (χ1) is 10.8. The summed E-state index contributed by atoms with van der Waals surface area (Å²) < 4.78 is 9.31. The number of ether oxygens (including phenoxy) is 2. The molecule has 23 heavy (non-hydrogen) atoms. The van der Waals surface area contributed by atoms with E-state index in [4.69, 9.17) is 5.73 Å². The molecule has 1 aromatic carbocycles. The van der Waals surface area contributed by atoms with Crippen molar-refractivity contribution < 1.29 is 23.9 Å². The molecule has 0 saturated heterocycles. The molecule has 0 spiro atoms. The van der Waals surface area contributed by atoms with E-state index in [0.717, 1.165) is 6.42 Å². The molecule has 1 aromatic rings. The number of benzene rings is 1. The zero-order valence-electron chi connectivity index (χ0n) is 13.7. The second kappa shape index (κ2) is 8.28. The number of hydrogen-bond acceptors (Lipinski definition) is 6. The Hall–Kier alpha value is -2.41. The number of methoxy groups -OCH3 is 2. The fraction of sp³-hybridized carbons (Fsp3) is 0.438. The maximum atomic E-state index is 12.2. The highest BCUT2D eigenvalue weighted by atomic mass is 16.5. The van der Waals surface area contributed by atoms with Crippen molar-refractivity contribution in [3.8, 4) is 0 Å². The molecular formula is C16H22N2O5. The summed E-state index contributed by atoms with van der Waals surface area (Å²) in [5.41, 5.74) is 6.37. The van der Waals surface area contributed by atoms with Gasteiger partial charge in [-0.2, -0.15) is 0 Å². The third-order valence-corrected chi connectivity index (χ3v) is 3.66. The molecule has 0 aliphatic rings. The van der Waals surface area contributed by atoms with E-state index in [1.165, 1.54) is 32.4 Å². The van der Waals surface area contributed by atoms with E-state index >= 15 is 0 Å². The Morgan fingerprint density at radius 1 is 1.17 bits per heavy atom. The second-order valence-corrected chi connectivity index (χ2v) is 5.14. The van der Waals surface area contributed by atoms with Gasteiger partial charge in [0.15, 0.2) is 0 Å². The molecule has 3 N–H and O–H groups in total. The Kier molecular flexibility index (Phi) is 6.71. The smallest absolute Gasteiger partial charge is 0.339 e. The molecule has 0 aliphatic heterocycles. The highest BCUT2D eigenvalue weighted by Gasteiger charge is 2.22. The minimum absolute atomic E-state index is 0.0274. The molecule has 1 rings (SSSR count). The zero-order valence-corrected chi connectivity index (χ0v) is 13.7. The maximum Gasteiger partial charge on any atom is 0.339 e. The van der Waals surface area contributed by atoms with E-state index in [-0.39, 0.29) is 22.7 Å². The van der Waals surface area contributed by atoms with E-state index in [1.807, 2.05) is 13.8 Å². The van der Waals surface area contributed by atoms with Crippen LogP contribution in [0.25, 0.3) is 0 Å². The Balaban J connectivity index is 3.16. The summed E-state index contributed by atoms with van der Waals surface area (Å²) in [7, 11) is 2.47. The number of rotatable bonds is 6. The highest BCUT2D eigenvalue weighted by molar-refractivity contribution is 6.04. The van der Waals surface area contributed by atoms with Gasteiger partial charge in [-0.05, 0) is 24.1 Å².